The van der Waals surface area contributed by atoms with E-state index in [4.69, 9.17) is 0 Å². The Balaban J connectivity index is 1.74. The SMILES string of the molecule is FC(F)(F)c1cc(NCc2cncn2C2CC2)ccc1Br. The molecule has 0 saturated heterocycles. The quantitative estimate of drug-likeness (QED) is 0.863. The molecule has 1 heterocycles. The molecule has 0 bridgehead atoms. The number of halogens is 4. The van der Waals surface area contributed by atoms with Crippen molar-refractivity contribution >= 4 is 21.6 Å². The van der Waals surface area contributed by atoms with E-state index in [9.17, 15) is 13.2 Å². The largest absolute Gasteiger partial charge is 0.417 e. The van der Waals surface area contributed by atoms with Gasteiger partial charge in [-0.3, -0.25) is 0 Å². The highest BCUT2D eigenvalue weighted by atomic mass is 79.9. The van der Waals surface area contributed by atoms with E-state index < -0.39 is 11.7 Å². The van der Waals surface area contributed by atoms with E-state index in [1.54, 1.807) is 18.6 Å². The van der Waals surface area contributed by atoms with Gasteiger partial charge in [0.25, 0.3) is 0 Å². The molecule has 1 aromatic carbocycles. The van der Waals surface area contributed by atoms with Crippen molar-refractivity contribution < 1.29 is 13.2 Å². The fraction of sp³-hybridized carbons (Fsp3) is 0.357. The van der Waals surface area contributed by atoms with Gasteiger partial charge in [-0.2, -0.15) is 13.2 Å². The first-order valence-electron chi connectivity index (χ1n) is 6.56. The van der Waals surface area contributed by atoms with Crippen molar-refractivity contribution in [3.63, 3.8) is 0 Å². The number of aromatic nitrogens is 2. The zero-order chi connectivity index (χ0) is 15.0. The van der Waals surface area contributed by atoms with E-state index >= 15 is 0 Å². The average Bonchev–Trinajstić information content (AvgIpc) is 3.15. The third kappa shape index (κ3) is 3.23. The summed E-state index contributed by atoms with van der Waals surface area (Å²) in [6, 6.07) is 4.64. The number of rotatable bonds is 4. The number of hydrogen-bond donors (Lipinski definition) is 1. The van der Waals surface area contributed by atoms with Gasteiger partial charge < -0.3 is 9.88 Å². The molecule has 2 aromatic rings. The fourth-order valence-electron chi connectivity index (χ4n) is 2.20. The van der Waals surface area contributed by atoms with Crippen LogP contribution in [0, 0.1) is 0 Å². The molecule has 1 saturated carbocycles. The predicted molar refractivity (Wildman–Crippen MR) is 77.0 cm³/mol. The topological polar surface area (TPSA) is 29.9 Å². The summed E-state index contributed by atoms with van der Waals surface area (Å²) in [5, 5.41) is 3.03. The molecule has 0 unspecified atom stereocenters. The van der Waals surface area contributed by atoms with Crippen LogP contribution in [0.4, 0.5) is 18.9 Å². The van der Waals surface area contributed by atoms with Crippen LogP contribution >= 0.6 is 15.9 Å². The lowest BCUT2D eigenvalue weighted by Gasteiger charge is -2.13. The van der Waals surface area contributed by atoms with Gasteiger partial charge >= 0.3 is 6.18 Å². The lowest BCUT2D eigenvalue weighted by Crippen LogP contribution is -2.09. The van der Waals surface area contributed by atoms with Gasteiger partial charge in [0.15, 0.2) is 0 Å². The highest BCUT2D eigenvalue weighted by molar-refractivity contribution is 9.10. The van der Waals surface area contributed by atoms with Gasteiger partial charge in [-0.25, -0.2) is 4.98 Å². The summed E-state index contributed by atoms with van der Waals surface area (Å²) in [4.78, 5) is 4.10. The molecule has 0 aliphatic heterocycles. The first kappa shape index (κ1) is 14.4. The van der Waals surface area contributed by atoms with Crippen molar-refractivity contribution in [1.82, 2.24) is 9.55 Å². The van der Waals surface area contributed by atoms with Crippen LogP contribution in [-0.2, 0) is 12.7 Å². The lowest BCUT2D eigenvalue weighted by molar-refractivity contribution is -0.138. The first-order chi connectivity index (χ1) is 9.95. The summed E-state index contributed by atoms with van der Waals surface area (Å²) in [5.74, 6) is 0. The molecular weight excluding hydrogens is 347 g/mol. The Bertz CT molecular complexity index is 647. The Labute approximate surface area is 128 Å². The van der Waals surface area contributed by atoms with Crippen LogP contribution in [0.2, 0.25) is 0 Å². The van der Waals surface area contributed by atoms with Crippen LogP contribution in [0.3, 0.4) is 0 Å². The van der Waals surface area contributed by atoms with Crippen molar-refractivity contribution in [3.05, 3.63) is 46.5 Å². The van der Waals surface area contributed by atoms with Crippen molar-refractivity contribution in [1.29, 1.82) is 0 Å². The molecule has 7 heteroatoms. The van der Waals surface area contributed by atoms with Gasteiger partial charge in [-0.15, -0.1) is 0 Å². The zero-order valence-corrected chi connectivity index (χ0v) is 12.6. The molecule has 1 fully saturated rings. The number of hydrogen-bond acceptors (Lipinski definition) is 2. The first-order valence-corrected chi connectivity index (χ1v) is 7.36. The minimum atomic E-state index is -4.37. The number of benzene rings is 1. The Morgan fingerprint density at radius 1 is 1.33 bits per heavy atom. The molecule has 112 valence electrons. The van der Waals surface area contributed by atoms with Crippen LogP contribution in [0.15, 0.2) is 35.2 Å². The molecule has 1 aliphatic rings. The number of imidazole rings is 1. The fourth-order valence-corrected chi connectivity index (χ4v) is 2.67. The molecule has 21 heavy (non-hydrogen) atoms. The minimum Gasteiger partial charge on any atom is -0.379 e. The second-order valence-corrected chi connectivity index (χ2v) is 5.92. The standard InChI is InChI=1S/C14H13BrF3N3/c15-13-4-1-9(5-12(13)14(16,17)18)20-7-11-6-19-8-21(11)10-2-3-10/h1,4-6,8,10,20H,2-3,7H2. The van der Waals surface area contributed by atoms with Gasteiger partial charge in [0.2, 0.25) is 0 Å². The molecule has 1 aromatic heterocycles. The van der Waals surface area contributed by atoms with Crippen molar-refractivity contribution in [2.24, 2.45) is 0 Å². The predicted octanol–water partition coefficient (Wildman–Crippen LogP) is 4.61. The molecule has 3 nitrogen and oxygen atoms in total. The van der Waals surface area contributed by atoms with Gasteiger partial charge in [-0.1, -0.05) is 15.9 Å². The molecule has 3 rings (SSSR count). The van der Waals surface area contributed by atoms with Crippen molar-refractivity contribution in [3.8, 4) is 0 Å². The van der Waals surface area contributed by atoms with Crippen LogP contribution < -0.4 is 5.32 Å². The second kappa shape index (κ2) is 5.36. The molecule has 0 spiro atoms. The van der Waals surface area contributed by atoms with Gasteiger partial charge in [0, 0.05) is 22.4 Å². The van der Waals surface area contributed by atoms with Gasteiger partial charge in [0.1, 0.15) is 0 Å². The smallest absolute Gasteiger partial charge is 0.379 e. The zero-order valence-electron chi connectivity index (χ0n) is 11.0. The Morgan fingerprint density at radius 3 is 2.76 bits per heavy atom. The average molecular weight is 360 g/mol. The van der Waals surface area contributed by atoms with Gasteiger partial charge in [0.05, 0.1) is 24.1 Å². The number of alkyl halides is 3. The third-order valence-electron chi connectivity index (χ3n) is 3.43. The van der Waals surface area contributed by atoms with E-state index in [1.165, 1.54) is 6.07 Å². The molecule has 0 amide bonds. The highest BCUT2D eigenvalue weighted by Gasteiger charge is 2.33. The summed E-state index contributed by atoms with van der Waals surface area (Å²) >= 11 is 2.93. The Hall–Kier alpha value is -1.50. The molecule has 1 N–H and O–H groups in total. The van der Waals surface area contributed by atoms with E-state index in [1.807, 2.05) is 0 Å². The summed E-state index contributed by atoms with van der Waals surface area (Å²) in [5.41, 5.74) is 0.742. The maximum Gasteiger partial charge on any atom is 0.417 e. The van der Waals surface area contributed by atoms with Crippen molar-refractivity contribution in [2.75, 3.05) is 5.32 Å². The molecular formula is C14H13BrF3N3. The minimum absolute atomic E-state index is 0.0450. The maximum atomic E-state index is 12.8. The van der Waals surface area contributed by atoms with Crippen molar-refractivity contribution in [2.45, 2.75) is 31.6 Å². The molecule has 0 radical (unpaired) electrons. The lowest BCUT2D eigenvalue weighted by atomic mass is 10.2. The van der Waals surface area contributed by atoms with Crippen LogP contribution in [-0.4, -0.2) is 9.55 Å². The summed E-state index contributed by atoms with van der Waals surface area (Å²) < 4.78 is 40.7. The van der Waals surface area contributed by atoms with E-state index in [-0.39, 0.29) is 4.47 Å². The number of nitrogens with zero attached hydrogens (tertiary/aromatic N) is 2. The maximum absolute atomic E-state index is 12.8. The summed E-state index contributed by atoms with van der Waals surface area (Å²) in [6.45, 7) is 0.454. The van der Waals surface area contributed by atoms with E-state index in [0.29, 0.717) is 18.3 Å². The Morgan fingerprint density at radius 2 is 2.10 bits per heavy atom. The summed E-state index contributed by atoms with van der Waals surface area (Å²) in [7, 11) is 0. The molecule has 1 aliphatic carbocycles. The van der Waals surface area contributed by atoms with Crippen LogP contribution in [0.1, 0.15) is 30.1 Å². The Kier molecular flexibility index (Phi) is 3.69. The van der Waals surface area contributed by atoms with Crippen LogP contribution in [0.25, 0.3) is 0 Å². The normalized spacial score (nSPS) is 15.2. The summed E-state index contributed by atoms with van der Waals surface area (Å²) in [6.07, 6.45) is 1.43. The van der Waals surface area contributed by atoms with Crippen LogP contribution in [0.5, 0.6) is 0 Å². The second-order valence-electron chi connectivity index (χ2n) is 5.07. The number of anilines is 1. The number of nitrogens with one attached hydrogen (secondary N) is 1. The third-order valence-corrected chi connectivity index (χ3v) is 4.12. The van der Waals surface area contributed by atoms with Gasteiger partial charge in [-0.05, 0) is 31.0 Å². The van der Waals surface area contributed by atoms with E-state index in [0.717, 1.165) is 24.6 Å². The molecule has 0 atom stereocenters. The highest BCUT2D eigenvalue weighted by Crippen LogP contribution is 2.37. The van der Waals surface area contributed by atoms with E-state index in [2.05, 4.69) is 30.8 Å². The monoisotopic (exact) mass is 359 g/mol.